The molecule has 3 heterocycles. The van der Waals surface area contributed by atoms with Crippen LogP contribution in [0.1, 0.15) is 9.80 Å². The van der Waals surface area contributed by atoms with E-state index in [0.717, 1.165) is 5.56 Å². The molecule has 0 aliphatic heterocycles. The Hall–Kier alpha value is -2.87. The third-order valence-electron chi connectivity index (χ3n) is 2.69. The second kappa shape index (κ2) is 6.27. The van der Waals surface area contributed by atoms with Crippen LogP contribution in [0.4, 0.5) is 0 Å². The van der Waals surface area contributed by atoms with Crippen LogP contribution in [0.3, 0.4) is 0 Å². The van der Waals surface area contributed by atoms with Gasteiger partial charge in [0.2, 0.25) is 5.82 Å². The standard InChI is InChI=1S/C14H11N5O2S/c1-2-5-16-12(20)14-17-10(8-22-14)13-18-11(19-21-13)9-3-6-15-7-4-9/h2-4,6-8H,1,5H2,(H,16,20). The fraction of sp³-hybridized carbons (Fsp3) is 0.0714. The Balaban J connectivity index is 1.81. The molecule has 3 rings (SSSR count). The molecule has 0 bridgehead atoms. The molecule has 0 saturated carbocycles. The fourth-order valence-corrected chi connectivity index (χ4v) is 2.37. The lowest BCUT2D eigenvalue weighted by molar-refractivity contribution is 0.0957. The second-order valence-corrected chi connectivity index (χ2v) is 5.05. The van der Waals surface area contributed by atoms with Crippen molar-refractivity contribution in [2.75, 3.05) is 6.54 Å². The third kappa shape index (κ3) is 2.91. The summed E-state index contributed by atoms with van der Waals surface area (Å²) in [5.74, 6) is 0.457. The highest BCUT2D eigenvalue weighted by Crippen LogP contribution is 2.23. The van der Waals surface area contributed by atoms with Crippen LogP contribution in [0.15, 0.2) is 47.1 Å². The minimum atomic E-state index is -0.259. The second-order valence-electron chi connectivity index (χ2n) is 4.20. The van der Waals surface area contributed by atoms with Crippen LogP contribution in [-0.2, 0) is 0 Å². The lowest BCUT2D eigenvalue weighted by Crippen LogP contribution is -2.22. The Kier molecular flexibility index (Phi) is 4.01. The van der Waals surface area contributed by atoms with Crippen molar-refractivity contribution in [3.05, 3.63) is 47.6 Å². The number of hydrogen-bond donors (Lipinski definition) is 1. The minimum absolute atomic E-state index is 0.259. The van der Waals surface area contributed by atoms with E-state index in [0.29, 0.717) is 23.1 Å². The summed E-state index contributed by atoms with van der Waals surface area (Å²) in [5.41, 5.74) is 1.27. The monoisotopic (exact) mass is 313 g/mol. The quantitative estimate of drug-likeness (QED) is 0.726. The molecule has 0 saturated heterocycles. The van der Waals surface area contributed by atoms with Gasteiger partial charge in [-0.1, -0.05) is 11.2 Å². The number of aromatic nitrogens is 4. The van der Waals surface area contributed by atoms with Gasteiger partial charge in [0.15, 0.2) is 5.01 Å². The number of nitrogens with one attached hydrogen (secondary N) is 1. The van der Waals surface area contributed by atoms with Crippen LogP contribution in [0, 0.1) is 0 Å². The summed E-state index contributed by atoms with van der Waals surface area (Å²) >= 11 is 1.21. The molecular formula is C14H11N5O2S. The first-order chi connectivity index (χ1) is 10.8. The smallest absolute Gasteiger partial charge is 0.280 e. The summed E-state index contributed by atoms with van der Waals surface area (Å²) in [6.45, 7) is 3.93. The highest BCUT2D eigenvalue weighted by Gasteiger charge is 2.16. The molecule has 0 unspecified atom stereocenters. The number of hydrogen-bond acceptors (Lipinski definition) is 7. The average molecular weight is 313 g/mol. The van der Waals surface area contributed by atoms with Crippen molar-refractivity contribution >= 4 is 17.2 Å². The van der Waals surface area contributed by atoms with E-state index in [1.807, 2.05) is 0 Å². The first-order valence-corrected chi connectivity index (χ1v) is 7.25. The maximum Gasteiger partial charge on any atom is 0.280 e. The zero-order valence-corrected chi connectivity index (χ0v) is 12.2. The number of thiazole rings is 1. The van der Waals surface area contributed by atoms with Gasteiger partial charge in [-0.3, -0.25) is 9.78 Å². The lowest BCUT2D eigenvalue weighted by atomic mass is 10.2. The summed E-state index contributed by atoms with van der Waals surface area (Å²) in [6.07, 6.45) is 4.90. The van der Waals surface area contributed by atoms with Crippen molar-refractivity contribution in [2.24, 2.45) is 0 Å². The van der Waals surface area contributed by atoms with Crippen LogP contribution >= 0.6 is 11.3 Å². The Morgan fingerprint density at radius 2 is 2.18 bits per heavy atom. The van der Waals surface area contributed by atoms with Gasteiger partial charge in [-0.25, -0.2) is 4.98 Å². The van der Waals surface area contributed by atoms with Gasteiger partial charge in [-0.05, 0) is 12.1 Å². The normalized spacial score (nSPS) is 10.4. The molecular weight excluding hydrogens is 302 g/mol. The molecule has 8 heteroatoms. The van der Waals surface area contributed by atoms with Gasteiger partial charge in [0.05, 0.1) is 0 Å². The largest absolute Gasteiger partial charge is 0.347 e. The predicted molar refractivity (Wildman–Crippen MR) is 81.2 cm³/mol. The average Bonchev–Trinajstić information content (AvgIpc) is 3.22. The summed E-state index contributed by atoms with van der Waals surface area (Å²) in [7, 11) is 0. The lowest BCUT2D eigenvalue weighted by Gasteiger charge is -1.96. The molecule has 0 aliphatic rings. The maximum atomic E-state index is 11.8. The van der Waals surface area contributed by atoms with Crippen LogP contribution in [0.2, 0.25) is 0 Å². The van der Waals surface area contributed by atoms with Crippen molar-refractivity contribution in [3.63, 3.8) is 0 Å². The predicted octanol–water partition coefficient (Wildman–Crippen LogP) is 2.17. The summed E-state index contributed by atoms with van der Waals surface area (Å²) in [5, 5.41) is 8.60. The molecule has 0 fully saturated rings. The van der Waals surface area contributed by atoms with E-state index < -0.39 is 0 Å². The number of carbonyl (C=O) groups excluding carboxylic acids is 1. The van der Waals surface area contributed by atoms with Crippen molar-refractivity contribution in [1.82, 2.24) is 25.4 Å². The summed E-state index contributed by atoms with van der Waals surface area (Å²) < 4.78 is 5.19. The Morgan fingerprint density at radius 1 is 1.36 bits per heavy atom. The number of rotatable bonds is 5. The van der Waals surface area contributed by atoms with Gasteiger partial charge in [0, 0.05) is 29.9 Å². The van der Waals surface area contributed by atoms with Gasteiger partial charge in [0.25, 0.3) is 11.8 Å². The molecule has 3 aromatic rings. The van der Waals surface area contributed by atoms with Crippen molar-refractivity contribution in [2.45, 2.75) is 0 Å². The molecule has 0 aromatic carbocycles. The zero-order chi connectivity index (χ0) is 15.4. The van der Waals surface area contributed by atoms with Crippen molar-refractivity contribution in [1.29, 1.82) is 0 Å². The van der Waals surface area contributed by atoms with E-state index in [2.05, 4.69) is 32.0 Å². The maximum absolute atomic E-state index is 11.8. The number of amides is 1. The van der Waals surface area contributed by atoms with Crippen LogP contribution in [-0.4, -0.2) is 32.6 Å². The minimum Gasteiger partial charge on any atom is -0.347 e. The van der Waals surface area contributed by atoms with E-state index in [1.165, 1.54) is 11.3 Å². The fourth-order valence-electron chi connectivity index (χ4n) is 1.66. The molecule has 0 radical (unpaired) electrons. The van der Waals surface area contributed by atoms with E-state index in [4.69, 9.17) is 4.52 Å². The number of pyridine rings is 1. The molecule has 1 amide bonds. The van der Waals surface area contributed by atoms with Crippen molar-refractivity contribution in [3.8, 4) is 23.0 Å². The number of carbonyl (C=O) groups is 1. The molecule has 1 N–H and O–H groups in total. The highest BCUT2D eigenvalue weighted by molar-refractivity contribution is 7.12. The summed E-state index contributed by atoms with van der Waals surface area (Å²) in [4.78, 5) is 24.2. The summed E-state index contributed by atoms with van der Waals surface area (Å²) in [6, 6.07) is 3.56. The highest BCUT2D eigenvalue weighted by atomic mass is 32.1. The van der Waals surface area contributed by atoms with Gasteiger partial charge >= 0.3 is 0 Å². The van der Waals surface area contributed by atoms with E-state index in [9.17, 15) is 4.79 Å². The van der Waals surface area contributed by atoms with Crippen LogP contribution in [0.25, 0.3) is 23.0 Å². The SMILES string of the molecule is C=CCNC(=O)c1nc(-c2nc(-c3ccncc3)no2)cs1. The van der Waals surface area contributed by atoms with Gasteiger partial charge in [0.1, 0.15) is 5.69 Å². The molecule has 0 spiro atoms. The van der Waals surface area contributed by atoms with Crippen LogP contribution < -0.4 is 5.32 Å². The Labute approximate surface area is 129 Å². The number of nitrogens with zero attached hydrogens (tertiary/aromatic N) is 4. The van der Waals surface area contributed by atoms with Crippen molar-refractivity contribution < 1.29 is 9.32 Å². The van der Waals surface area contributed by atoms with Gasteiger partial charge in [-0.2, -0.15) is 4.98 Å². The van der Waals surface area contributed by atoms with Crippen LogP contribution in [0.5, 0.6) is 0 Å². The van der Waals surface area contributed by atoms with E-state index in [1.54, 1.807) is 36.0 Å². The van der Waals surface area contributed by atoms with Gasteiger partial charge in [-0.15, -0.1) is 17.9 Å². The third-order valence-corrected chi connectivity index (χ3v) is 3.53. The Morgan fingerprint density at radius 3 is 2.95 bits per heavy atom. The molecule has 110 valence electrons. The van der Waals surface area contributed by atoms with E-state index >= 15 is 0 Å². The topological polar surface area (TPSA) is 93.8 Å². The molecule has 0 aliphatic carbocycles. The molecule has 0 atom stereocenters. The van der Waals surface area contributed by atoms with E-state index in [-0.39, 0.29) is 11.8 Å². The first-order valence-electron chi connectivity index (χ1n) is 6.37. The first kappa shape index (κ1) is 14.1. The molecule has 3 aromatic heterocycles. The zero-order valence-electron chi connectivity index (χ0n) is 11.4. The van der Waals surface area contributed by atoms with Gasteiger partial charge < -0.3 is 9.84 Å². The molecule has 7 nitrogen and oxygen atoms in total. The Bertz CT molecular complexity index is 796. The molecule has 22 heavy (non-hydrogen) atoms.